The van der Waals surface area contributed by atoms with Crippen molar-refractivity contribution < 1.29 is 18.2 Å². The van der Waals surface area contributed by atoms with Gasteiger partial charge in [-0.25, -0.2) is 13.3 Å². The third-order valence-electron chi connectivity index (χ3n) is 8.21. The number of hydrogen-bond acceptors (Lipinski definition) is 5. The van der Waals surface area contributed by atoms with Gasteiger partial charge in [-0.05, 0) is 66.7 Å². The van der Waals surface area contributed by atoms with Crippen molar-refractivity contribution in [2.24, 2.45) is 0 Å². The van der Waals surface area contributed by atoms with Gasteiger partial charge in [0.2, 0.25) is 0 Å². The summed E-state index contributed by atoms with van der Waals surface area (Å²) in [5, 5.41) is 3.33. The van der Waals surface area contributed by atoms with Gasteiger partial charge < -0.3 is 9.16 Å². The third-order valence-corrected chi connectivity index (χ3v) is 16.9. The van der Waals surface area contributed by atoms with E-state index in [1.54, 1.807) is 6.92 Å². The normalized spacial score (nSPS) is 16.9. The molecule has 238 valence electrons. The first-order chi connectivity index (χ1) is 20.5. The molecule has 3 aromatic rings. The smallest absolute Gasteiger partial charge is 0.356 e. The van der Waals surface area contributed by atoms with E-state index in [2.05, 4.69) is 105 Å². The van der Waals surface area contributed by atoms with E-state index < -0.39 is 38.1 Å². The van der Waals surface area contributed by atoms with E-state index in [1.165, 1.54) is 10.4 Å². The Labute approximate surface area is 269 Å². The number of carbonyl (C=O) groups is 1. The molecule has 44 heavy (non-hydrogen) atoms. The number of fused-ring (bicyclic) bond motifs is 1. The molecule has 0 fully saturated rings. The fraction of sp³-hybridized carbons (Fsp3) is 0.486. The number of carbonyl (C=O) groups excluding carboxylic acids is 1. The van der Waals surface area contributed by atoms with Gasteiger partial charge in [0.15, 0.2) is 0 Å². The van der Waals surface area contributed by atoms with Crippen molar-refractivity contribution in [3.05, 3.63) is 83.6 Å². The zero-order chi connectivity index (χ0) is 32.5. The van der Waals surface area contributed by atoms with Crippen LogP contribution in [-0.4, -0.2) is 53.8 Å². The van der Waals surface area contributed by atoms with Gasteiger partial charge in [-0.15, -0.1) is 0 Å². The second-order valence-corrected chi connectivity index (χ2v) is 26.1. The van der Waals surface area contributed by atoms with Gasteiger partial charge in [-0.2, -0.15) is 0 Å². The molecular weight excluding hydrogens is 601 g/mol. The van der Waals surface area contributed by atoms with Gasteiger partial charge in [0.05, 0.1) is 17.4 Å². The van der Waals surface area contributed by atoms with Gasteiger partial charge in [0.1, 0.15) is 24.8 Å². The highest BCUT2D eigenvalue weighted by atomic mass is 32.2. The van der Waals surface area contributed by atoms with E-state index in [4.69, 9.17) is 14.1 Å². The summed E-state index contributed by atoms with van der Waals surface area (Å²) in [6.07, 6.45) is 0.664. The molecule has 0 unspecified atom stereocenters. The average Bonchev–Trinajstić information content (AvgIpc) is 3.31. The number of benzene rings is 2. The Balaban J connectivity index is 1.81. The quantitative estimate of drug-likeness (QED) is 0.196. The first-order valence-electron chi connectivity index (χ1n) is 15.7. The van der Waals surface area contributed by atoms with Crippen molar-refractivity contribution >= 4 is 49.0 Å². The van der Waals surface area contributed by atoms with Crippen molar-refractivity contribution in [3.8, 4) is 0 Å². The lowest BCUT2D eigenvalue weighted by atomic mass is 10.0. The topological polar surface area (TPSA) is 68.7 Å². The molecule has 4 rings (SSSR count). The predicted octanol–water partition coefficient (Wildman–Crippen LogP) is 6.09. The number of nitrogens with zero attached hydrogens (tertiary/aromatic N) is 2. The number of pyridine rings is 1. The summed E-state index contributed by atoms with van der Waals surface area (Å²) >= 11 is 0. The van der Waals surface area contributed by atoms with Gasteiger partial charge in [0.25, 0.3) is 8.32 Å². The van der Waals surface area contributed by atoms with Crippen molar-refractivity contribution in [2.45, 2.75) is 96.9 Å². The van der Waals surface area contributed by atoms with E-state index in [-0.39, 0.29) is 11.1 Å². The van der Waals surface area contributed by atoms with Crippen LogP contribution in [-0.2, 0) is 26.7 Å². The Morgan fingerprint density at radius 3 is 1.95 bits per heavy atom. The van der Waals surface area contributed by atoms with Crippen LogP contribution in [0.4, 0.5) is 0 Å². The Bertz CT molecular complexity index is 1440. The van der Waals surface area contributed by atoms with Crippen molar-refractivity contribution in [1.29, 1.82) is 0 Å². The van der Waals surface area contributed by atoms with Crippen LogP contribution in [0.5, 0.6) is 0 Å². The van der Waals surface area contributed by atoms with Crippen LogP contribution in [0.2, 0.25) is 24.7 Å². The zero-order valence-electron chi connectivity index (χ0n) is 28.2. The van der Waals surface area contributed by atoms with Gasteiger partial charge in [0, 0.05) is 18.5 Å². The van der Waals surface area contributed by atoms with Crippen molar-refractivity contribution in [3.63, 3.8) is 0 Å². The summed E-state index contributed by atoms with van der Waals surface area (Å²) in [5.74, 6) is -0.406. The summed E-state index contributed by atoms with van der Waals surface area (Å²) in [7, 11) is -6.05. The largest absolute Gasteiger partial charge is 0.461 e. The van der Waals surface area contributed by atoms with Crippen LogP contribution in [0, 0.1) is 0 Å². The minimum atomic E-state index is -2.74. The molecule has 0 radical (unpaired) electrons. The highest BCUT2D eigenvalue weighted by Gasteiger charge is 2.50. The third kappa shape index (κ3) is 6.87. The molecule has 0 saturated heterocycles. The summed E-state index contributed by atoms with van der Waals surface area (Å²) in [6, 6.07) is 23.1. The highest BCUT2D eigenvalue weighted by molar-refractivity contribution is 7.84. The van der Waals surface area contributed by atoms with Crippen LogP contribution >= 0.6 is 0 Å². The highest BCUT2D eigenvalue weighted by Crippen LogP contribution is 2.41. The number of ether oxygens (including phenoxy) is 1. The maximum absolute atomic E-state index is 14.1. The molecule has 0 amide bonds. The fourth-order valence-electron chi connectivity index (χ4n) is 6.31. The molecule has 1 aliphatic heterocycles. The predicted molar refractivity (Wildman–Crippen MR) is 188 cm³/mol. The Morgan fingerprint density at radius 1 is 0.955 bits per heavy atom. The maximum Gasteiger partial charge on any atom is 0.356 e. The van der Waals surface area contributed by atoms with Gasteiger partial charge >= 0.3 is 5.97 Å². The number of esters is 1. The molecule has 0 spiro atoms. The minimum Gasteiger partial charge on any atom is -0.461 e. The Kier molecular flexibility index (Phi) is 10.3. The molecule has 2 heterocycles. The first-order valence-corrected chi connectivity index (χ1v) is 22.2. The minimum absolute atomic E-state index is 0.142. The average molecular weight is 651 g/mol. The van der Waals surface area contributed by atoms with Crippen LogP contribution in [0.3, 0.4) is 0 Å². The second kappa shape index (κ2) is 13.1. The molecular formula is C35H50N2O4SSi2. The lowest BCUT2D eigenvalue weighted by Gasteiger charge is -2.43. The van der Waals surface area contributed by atoms with Crippen LogP contribution < -0.4 is 15.7 Å². The van der Waals surface area contributed by atoms with Crippen LogP contribution in [0.15, 0.2) is 66.7 Å². The molecule has 2 aromatic carbocycles. The van der Waals surface area contributed by atoms with E-state index >= 15 is 0 Å². The lowest BCUT2D eigenvalue weighted by Crippen LogP contribution is -2.66. The summed E-state index contributed by atoms with van der Waals surface area (Å²) in [5.41, 5.74) is 2.49. The molecule has 0 saturated carbocycles. The molecule has 6 nitrogen and oxygen atoms in total. The van der Waals surface area contributed by atoms with E-state index in [9.17, 15) is 9.00 Å². The number of hydrogen-bond donors (Lipinski definition) is 0. The summed E-state index contributed by atoms with van der Waals surface area (Å²) in [6.45, 7) is 22.8. The van der Waals surface area contributed by atoms with Crippen LogP contribution in [0.25, 0.3) is 0 Å². The molecule has 0 aliphatic carbocycles. The second-order valence-electron chi connectivity index (χ2n) is 14.7. The van der Waals surface area contributed by atoms with Gasteiger partial charge in [-0.1, -0.05) is 101 Å². The number of rotatable bonds is 10. The fourth-order valence-corrected chi connectivity index (χ4v) is 13.9. The van der Waals surface area contributed by atoms with E-state index in [0.717, 1.165) is 16.4 Å². The standard InChI is InChI=1S/C35H50N2O4SSi2/c1-11-40-33(38)29-24-26-25-37(42(39)34(2,3)4)30(31(26)32(36-29)43(8,9)10)22-23-41-44(35(5,6)7,27-18-14-12-15-19-27)28-20-16-13-17-21-28/h12-21,24,30H,11,22-23,25H2,1-10H3/t30-,42-/m1/s1. The van der Waals surface area contributed by atoms with Crippen molar-refractivity contribution in [2.75, 3.05) is 13.2 Å². The lowest BCUT2D eigenvalue weighted by molar-refractivity contribution is 0.0519. The molecule has 1 aromatic heterocycles. The van der Waals surface area contributed by atoms with E-state index in [0.29, 0.717) is 31.9 Å². The monoisotopic (exact) mass is 650 g/mol. The van der Waals surface area contributed by atoms with Crippen molar-refractivity contribution in [1.82, 2.24) is 9.29 Å². The molecule has 0 bridgehead atoms. The molecule has 0 N–H and O–H groups in total. The van der Waals surface area contributed by atoms with Gasteiger partial charge in [-0.3, -0.25) is 4.98 Å². The maximum atomic E-state index is 14.1. The molecule has 9 heteroatoms. The molecule has 2 atom stereocenters. The molecule has 1 aliphatic rings. The summed E-state index contributed by atoms with van der Waals surface area (Å²) < 4.78 is 28.4. The SMILES string of the molecule is CCOC(=O)c1cc2c(c([Si](C)(C)C)n1)[C@@H](CCO[Si](c1ccccc1)(c1ccccc1)C(C)(C)C)N([S@](=O)C(C)(C)C)C2. The van der Waals surface area contributed by atoms with E-state index in [1.807, 2.05) is 26.8 Å². The Hall–Kier alpha value is -2.44. The first kappa shape index (κ1) is 34.4. The number of aromatic nitrogens is 1. The van der Waals surface area contributed by atoms with Crippen LogP contribution in [0.1, 0.15) is 82.5 Å². The summed E-state index contributed by atoms with van der Waals surface area (Å²) in [4.78, 5) is 17.8. The zero-order valence-corrected chi connectivity index (χ0v) is 31.0. The Morgan fingerprint density at radius 2 is 1.50 bits per heavy atom.